The first-order valence-corrected chi connectivity index (χ1v) is 6.48. The van der Waals surface area contributed by atoms with E-state index in [-0.39, 0.29) is 0 Å². The van der Waals surface area contributed by atoms with Crippen LogP contribution in [0.4, 0.5) is 0 Å². The van der Waals surface area contributed by atoms with Crippen molar-refractivity contribution in [2.45, 2.75) is 19.9 Å². The summed E-state index contributed by atoms with van der Waals surface area (Å²) in [5, 5.41) is 0. The molecule has 2 N–H and O–H groups in total. The second kappa shape index (κ2) is 4.86. The fraction of sp³-hybridized carbons (Fsp3) is 0.188. The zero-order valence-electron chi connectivity index (χ0n) is 11.0. The van der Waals surface area contributed by atoms with Crippen molar-refractivity contribution in [3.05, 3.63) is 71.2 Å². The monoisotopic (exact) mass is 251 g/mol. The number of pyridine rings is 1. The molecule has 0 aliphatic heterocycles. The van der Waals surface area contributed by atoms with E-state index in [1.165, 1.54) is 11.1 Å². The van der Waals surface area contributed by atoms with E-state index in [0.29, 0.717) is 6.54 Å². The van der Waals surface area contributed by atoms with Crippen molar-refractivity contribution in [1.29, 1.82) is 0 Å². The summed E-state index contributed by atoms with van der Waals surface area (Å²) in [6.45, 7) is 2.66. The first-order chi connectivity index (χ1) is 9.28. The average molecular weight is 251 g/mol. The molecule has 19 heavy (non-hydrogen) atoms. The number of hydrogen-bond donors (Lipinski definition) is 1. The highest BCUT2D eigenvalue weighted by Crippen LogP contribution is 2.15. The minimum Gasteiger partial charge on any atom is -0.325 e. The standard InChI is InChI=1S/C16H17N3/c1-12-5-2-3-6-13(12)9-14-11-19-15(10-17)7-4-8-16(19)18-14/h2-8,11H,9-10,17H2,1H3. The summed E-state index contributed by atoms with van der Waals surface area (Å²) in [4.78, 5) is 4.67. The summed E-state index contributed by atoms with van der Waals surface area (Å²) in [5.41, 5.74) is 11.5. The summed E-state index contributed by atoms with van der Waals surface area (Å²) in [6, 6.07) is 14.5. The van der Waals surface area contributed by atoms with Crippen LogP contribution in [0, 0.1) is 6.92 Å². The van der Waals surface area contributed by atoms with Crippen LogP contribution < -0.4 is 5.73 Å². The van der Waals surface area contributed by atoms with Crippen LogP contribution in [0.15, 0.2) is 48.7 Å². The van der Waals surface area contributed by atoms with E-state index in [9.17, 15) is 0 Å². The molecule has 96 valence electrons. The molecular weight excluding hydrogens is 234 g/mol. The number of hydrogen-bond acceptors (Lipinski definition) is 2. The Morgan fingerprint density at radius 1 is 1.11 bits per heavy atom. The molecule has 2 heterocycles. The molecule has 2 aromatic heterocycles. The van der Waals surface area contributed by atoms with Crippen molar-refractivity contribution in [1.82, 2.24) is 9.38 Å². The number of aryl methyl sites for hydroxylation is 1. The molecule has 0 radical (unpaired) electrons. The number of benzene rings is 1. The molecule has 0 spiro atoms. The highest BCUT2D eigenvalue weighted by atomic mass is 15.0. The normalized spacial score (nSPS) is 11.1. The van der Waals surface area contributed by atoms with Gasteiger partial charge in [-0.1, -0.05) is 30.3 Å². The molecule has 0 atom stereocenters. The maximum Gasteiger partial charge on any atom is 0.137 e. The van der Waals surface area contributed by atoms with E-state index in [2.05, 4.69) is 46.8 Å². The molecule has 3 aromatic rings. The zero-order chi connectivity index (χ0) is 13.2. The third kappa shape index (κ3) is 2.25. The lowest BCUT2D eigenvalue weighted by Gasteiger charge is -2.02. The Kier molecular flexibility index (Phi) is 3.05. The number of fused-ring (bicyclic) bond motifs is 1. The van der Waals surface area contributed by atoms with Gasteiger partial charge in [0.25, 0.3) is 0 Å². The second-order valence-corrected chi connectivity index (χ2v) is 4.78. The number of nitrogens with zero attached hydrogens (tertiary/aromatic N) is 2. The second-order valence-electron chi connectivity index (χ2n) is 4.78. The molecule has 3 nitrogen and oxygen atoms in total. The molecular formula is C16H17N3. The van der Waals surface area contributed by atoms with Gasteiger partial charge in [-0.25, -0.2) is 4.98 Å². The van der Waals surface area contributed by atoms with Crippen LogP contribution >= 0.6 is 0 Å². The summed E-state index contributed by atoms with van der Waals surface area (Å²) in [5.74, 6) is 0. The highest BCUT2D eigenvalue weighted by Gasteiger charge is 2.06. The minimum absolute atomic E-state index is 0.525. The predicted molar refractivity (Wildman–Crippen MR) is 77.1 cm³/mol. The van der Waals surface area contributed by atoms with Gasteiger partial charge in [0.1, 0.15) is 5.65 Å². The van der Waals surface area contributed by atoms with Crippen molar-refractivity contribution < 1.29 is 0 Å². The van der Waals surface area contributed by atoms with Crippen LogP contribution in [0.3, 0.4) is 0 Å². The molecule has 0 saturated heterocycles. The van der Waals surface area contributed by atoms with Gasteiger partial charge in [-0.2, -0.15) is 0 Å². The first-order valence-electron chi connectivity index (χ1n) is 6.48. The van der Waals surface area contributed by atoms with Crippen molar-refractivity contribution in [3.63, 3.8) is 0 Å². The van der Waals surface area contributed by atoms with Gasteiger partial charge < -0.3 is 10.1 Å². The lowest BCUT2D eigenvalue weighted by atomic mass is 10.0. The summed E-state index contributed by atoms with van der Waals surface area (Å²) < 4.78 is 2.08. The Labute approximate surface area is 112 Å². The number of rotatable bonds is 3. The Bertz CT molecular complexity index is 713. The summed E-state index contributed by atoms with van der Waals surface area (Å²) in [7, 11) is 0. The van der Waals surface area contributed by atoms with Crippen LogP contribution in [0.1, 0.15) is 22.5 Å². The van der Waals surface area contributed by atoms with E-state index in [4.69, 9.17) is 5.73 Å². The van der Waals surface area contributed by atoms with Crippen LogP contribution in [0.5, 0.6) is 0 Å². The molecule has 0 unspecified atom stereocenters. The number of nitrogens with two attached hydrogens (primary N) is 1. The van der Waals surface area contributed by atoms with E-state index >= 15 is 0 Å². The molecule has 0 aliphatic rings. The fourth-order valence-electron chi connectivity index (χ4n) is 2.37. The third-order valence-corrected chi connectivity index (χ3v) is 3.47. The maximum absolute atomic E-state index is 5.75. The van der Waals surface area contributed by atoms with Crippen LogP contribution in [0.25, 0.3) is 5.65 Å². The summed E-state index contributed by atoms with van der Waals surface area (Å²) in [6.07, 6.45) is 2.95. The third-order valence-electron chi connectivity index (χ3n) is 3.47. The SMILES string of the molecule is Cc1ccccc1Cc1cn2c(CN)cccc2n1. The van der Waals surface area contributed by atoms with Crippen molar-refractivity contribution in [2.24, 2.45) is 5.73 Å². The van der Waals surface area contributed by atoms with Gasteiger partial charge in [0.15, 0.2) is 0 Å². The minimum atomic E-state index is 0.525. The molecule has 0 aliphatic carbocycles. The quantitative estimate of drug-likeness (QED) is 0.777. The van der Waals surface area contributed by atoms with Gasteiger partial charge in [-0.05, 0) is 30.2 Å². The van der Waals surface area contributed by atoms with Crippen molar-refractivity contribution in [3.8, 4) is 0 Å². The fourth-order valence-corrected chi connectivity index (χ4v) is 2.37. The molecule has 3 rings (SSSR count). The van der Waals surface area contributed by atoms with E-state index in [1.807, 2.05) is 18.2 Å². The topological polar surface area (TPSA) is 43.3 Å². The van der Waals surface area contributed by atoms with E-state index < -0.39 is 0 Å². The predicted octanol–water partition coefficient (Wildman–Crippen LogP) is 2.69. The van der Waals surface area contributed by atoms with E-state index in [1.54, 1.807) is 0 Å². The molecule has 0 amide bonds. The first kappa shape index (κ1) is 11.9. The Morgan fingerprint density at radius 3 is 2.74 bits per heavy atom. The lowest BCUT2D eigenvalue weighted by molar-refractivity contribution is 0.944. The number of aromatic nitrogens is 2. The Morgan fingerprint density at radius 2 is 1.95 bits per heavy atom. The van der Waals surface area contributed by atoms with Crippen LogP contribution in [-0.2, 0) is 13.0 Å². The lowest BCUT2D eigenvalue weighted by Crippen LogP contribution is -2.02. The van der Waals surface area contributed by atoms with Crippen LogP contribution in [0.2, 0.25) is 0 Å². The molecule has 3 heteroatoms. The molecule has 0 saturated carbocycles. The average Bonchev–Trinajstić information content (AvgIpc) is 2.83. The van der Waals surface area contributed by atoms with Gasteiger partial charge >= 0.3 is 0 Å². The summed E-state index contributed by atoms with van der Waals surface area (Å²) >= 11 is 0. The van der Waals surface area contributed by atoms with Gasteiger partial charge in [0, 0.05) is 24.9 Å². The number of imidazole rings is 1. The van der Waals surface area contributed by atoms with Crippen molar-refractivity contribution >= 4 is 5.65 Å². The molecule has 1 aromatic carbocycles. The van der Waals surface area contributed by atoms with Crippen molar-refractivity contribution in [2.75, 3.05) is 0 Å². The Hall–Kier alpha value is -2.13. The molecule has 0 bridgehead atoms. The maximum atomic E-state index is 5.75. The molecule has 0 fully saturated rings. The van der Waals surface area contributed by atoms with Gasteiger partial charge in [0.05, 0.1) is 5.69 Å². The van der Waals surface area contributed by atoms with E-state index in [0.717, 1.165) is 23.5 Å². The van der Waals surface area contributed by atoms with Gasteiger partial charge in [0.2, 0.25) is 0 Å². The Balaban J connectivity index is 2.00. The zero-order valence-corrected chi connectivity index (χ0v) is 11.0. The van der Waals surface area contributed by atoms with Gasteiger partial charge in [-0.3, -0.25) is 0 Å². The largest absolute Gasteiger partial charge is 0.325 e. The van der Waals surface area contributed by atoms with Crippen LogP contribution in [-0.4, -0.2) is 9.38 Å². The van der Waals surface area contributed by atoms with Gasteiger partial charge in [-0.15, -0.1) is 0 Å². The smallest absolute Gasteiger partial charge is 0.137 e. The highest BCUT2D eigenvalue weighted by molar-refractivity contribution is 5.43.